The van der Waals surface area contributed by atoms with E-state index in [1.54, 1.807) is 26.0 Å². The molecule has 84 valence electrons. The smallest absolute Gasteiger partial charge is 0.422 e. The molecule has 0 saturated carbocycles. The van der Waals surface area contributed by atoms with Gasteiger partial charge in [-0.3, -0.25) is 4.79 Å². The van der Waals surface area contributed by atoms with E-state index in [0.717, 1.165) is 8.47 Å². The summed E-state index contributed by atoms with van der Waals surface area (Å²) in [7, 11) is 0. The molecule has 1 fully saturated rings. The largest absolute Gasteiger partial charge is 0.433 e. The second kappa shape index (κ2) is 3.73. The summed E-state index contributed by atoms with van der Waals surface area (Å²) >= 11 is 2.08. The van der Waals surface area contributed by atoms with Gasteiger partial charge in [0.2, 0.25) is 0 Å². The van der Waals surface area contributed by atoms with Crippen LogP contribution in [0, 0.1) is 3.57 Å². The Bertz CT molecular complexity index is 470. The Hall–Kier alpha value is -1.11. The van der Waals surface area contributed by atoms with Crippen molar-refractivity contribution in [3.8, 4) is 0 Å². The number of cyclic esters (lactones) is 1. The third-order valence-electron chi connectivity index (χ3n) is 2.34. The maximum absolute atomic E-state index is 12.0. The van der Waals surface area contributed by atoms with Gasteiger partial charge in [0, 0.05) is 3.57 Å². The Kier molecular flexibility index (Phi) is 2.65. The molecule has 1 heterocycles. The maximum atomic E-state index is 12.0. The number of carbonyl (C=O) groups excluding carboxylic acids is 2. The number of halogens is 1. The third-order valence-corrected chi connectivity index (χ3v) is 3.25. The van der Waals surface area contributed by atoms with Gasteiger partial charge in [-0.15, -0.1) is 0 Å². The zero-order valence-corrected chi connectivity index (χ0v) is 11.0. The molecule has 1 saturated heterocycles. The van der Waals surface area contributed by atoms with Gasteiger partial charge in [0.05, 0.1) is 5.69 Å². The summed E-state index contributed by atoms with van der Waals surface area (Å²) in [5.74, 6) is -0.332. The van der Waals surface area contributed by atoms with Crippen LogP contribution in [0.25, 0.3) is 0 Å². The summed E-state index contributed by atoms with van der Waals surface area (Å²) in [6.45, 7) is 3.17. The van der Waals surface area contributed by atoms with Gasteiger partial charge in [0.1, 0.15) is 0 Å². The molecule has 4 nitrogen and oxygen atoms in total. The Morgan fingerprint density at radius 2 is 1.88 bits per heavy atom. The standard InChI is InChI=1S/C11H10INO3/c1-11(2)9(14)13(10(15)16-11)8-6-4-3-5-7(8)12/h3-6H,1-2H3. The molecule has 0 N–H and O–H groups in total. The summed E-state index contributed by atoms with van der Waals surface area (Å²) in [5, 5.41) is 0. The molecule has 0 atom stereocenters. The molecule has 16 heavy (non-hydrogen) atoms. The average molecular weight is 331 g/mol. The molecule has 0 radical (unpaired) electrons. The first-order valence-corrected chi connectivity index (χ1v) is 5.83. The van der Waals surface area contributed by atoms with Crippen LogP contribution in [-0.4, -0.2) is 17.6 Å². The van der Waals surface area contributed by atoms with Crippen LogP contribution in [0.5, 0.6) is 0 Å². The van der Waals surface area contributed by atoms with E-state index in [4.69, 9.17) is 4.74 Å². The van der Waals surface area contributed by atoms with Crippen molar-refractivity contribution in [2.75, 3.05) is 4.90 Å². The van der Waals surface area contributed by atoms with Crippen molar-refractivity contribution in [1.82, 2.24) is 0 Å². The van der Waals surface area contributed by atoms with Gasteiger partial charge in [0.25, 0.3) is 5.91 Å². The van der Waals surface area contributed by atoms with E-state index in [9.17, 15) is 9.59 Å². The van der Waals surface area contributed by atoms with Crippen LogP contribution in [0.1, 0.15) is 13.8 Å². The molecule has 2 rings (SSSR count). The number of hydrogen-bond donors (Lipinski definition) is 0. The Morgan fingerprint density at radius 3 is 2.38 bits per heavy atom. The van der Waals surface area contributed by atoms with E-state index < -0.39 is 11.7 Å². The highest BCUT2D eigenvalue weighted by Gasteiger charge is 2.48. The molecule has 0 unspecified atom stereocenters. The number of carbonyl (C=O) groups is 2. The number of nitrogens with zero attached hydrogens (tertiary/aromatic N) is 1. The molecule has 0 aliphatic carbocycles. The van der Waals surface area contributed by atoms with Gasteiger partial charge in [-0.1, -0.05) is 12.1 Å². The molecular weight excluding hydrogens is 321 g/mol. The fourth-order valence-corrected chi connectivity index (χ4v) is 2.13. The van der Waals surface area contributed by atoms with Crippen LogP contribution in [0.3, 0.4) is 0 Å². The fourth-order valence-electron chi connectivity index (χ4n) is 1.50. The van der Waals surface area contributed by atoms with Crippen molar-refractivity contribution in [3.05, 3.63) is 27.8 Å². The second-order valence-corrected chi connectivity index (χ2v) is 5.13. The van der Waals surface area contributed by atoms with E-state index in [1.807, 2.05) is 12.1 Å². The van der Waals surface area contributed by atoms with Crippen molar-refractivity contribution in [2.24, 2.45) is 0 Å². The van der Waals surface area contributed by atoms with Gasteiger partial charge in [0.15, 0.2) is 5.60 Å². The summed E-state index contributed by atoms with van der Waals surface area (Å²) in [6.07, 6.45) is -0.612. The van der Waals surface area contributed by atoms with Gasteiger partial charge >= 0.3 is 6.09 Å². The number of benzene rings is 1. The molecule has 1 aromatic carbocycles. The number of rotatable bonds is 1. The van der Waals surface area contributed by atoms with Crippen molar-refractivity contribution in [1.29, 1.82) is 0 Å². The summed E-state index contributed by atoms with van der Waals surface area (Å²) in [5.41, 5.74) is -0.501. The molecular formula is C11H10INO3. The number of hydrogen-bond acceptors (Lipinski definition) is 3. The SMILES string of the molecule is CC1(C)OC(=O)N(c2ccccc2I)C1=O. The van der Waals surface area contributed by atoms with Crippen LogP contribution in [0.2, 0.25) is 0 Å². The van der Waals surface area contributed by atoms with Gasteiger partial charge in [-0.2, -0.15) is 0 Å². The van der Waals surface area contributed by atoms with Crippen molar-refractivity contribution >= 4 is 40.3 Å². The highest BCUT2D eigenvalue weighted by molar-refractivity contribution is 14.1. The average Bonchev–Trinajstić information content (AvgIpc) is 2.39. The van der Waals surface area contributed by atoms with Crippen LogP contribution in [0.4, 0.5) is 10.5 Å². The molecule has 0 aromatic heterocycles. The molecule has 1 aliphatic rings. The molecule has 0 spiro atoms. The van der Waals surface area contributed by atoms with Crippen molar-refractivity contribution < 1.29 is 14.3 Å². The zero-order chi connectivity index (χ0) is 11.9. The monoisotopic (exact) mass is 331 g/mol. The normalized spacial score (nSPS) is 18.8. The van der Waals surface area contributed by atoms with Gasteiger partial charge in [-0.05, 0) is 48.6 Å². The molecule has 0 bridgehead atoms. The van der Waals surface area contributed by atoms with E-state index in [-0.39, 0.29) is 5.91 Å². The number of para-hydroxylation sites is 1. The van der Waals surface area contributed by atoms with E-state index in [0.29, 0.717) is 5.69 Å². The molecule has 1 aliphatic heterocycles. The third kappa shape index (κ3) is 1.68. The lowest BCUT2D eigenvalue weighted by Gasteiger charge is -2.14. The number of ether oxygens (including phenoxy) is 1. The first-order chi connectivity index (χ1) is 7.43. The Labute approximate surface area is 107 Å². The predicted octanol–water partition coefficient (Wildman–Crippen LogP) is 2.55. The minimum atomic E-state index is -1.07. The van der Waals surface area contributed by atoms with Crippen LogP contribution >= 0.6 is 22.6 Å². The Morgan fingerprint density at radius 1 is 1.25 bits per heavy atom. The van der Waals surface area contributed by atoms with Crippen LogP contribution in [-0.2, 0) is 9.53 Å². The van der Waals surface area contributed by atoms with E-state index >= 15 is 0 Å². The van der Waals surface area contributed by atoms with Crippen LogP contribution < -0.4 is 4.90 Å². The van der Waals surface area contributed by atoms with E-state index in [1.165, 1.54) is 0 Å². The lowest BCUT2D eigenvalue weighted by atomic mass is 10.1. The minimum Gasteiger partial charge on any atom is -0.433 e. The first kappa shape index (κ1) is 11.4. The number of anilines is 1. The molecule has 2 amide bonds. The number of imide groups is 1. The Balaban J connectivity index is 2.47. The first-order valence-electron chi connectivity index (χ1n) is 4.75. The topological polar surface area (TPSA) is 46.6 Å². The lowest BCUT2D eigenvalue weighted by molar-refractivity contribution is -0.127. The highest BCUT2D eigenvalue weighted by Crippen LogP contribution is 2.31. The van der Waals surface area contributed by atoms with Crippen molar-refractivity contribution in [2.45, 2.75) is 19.4 Å². The fraction of sp³-hybridized carbons (Fsp3) is 0.273. The van der Waals surface area contributed by atoms with Crippen LogP contribution in [0.15, 0.2) is 24.3 Å². The minimum absolute atomic E-state index is 0.332. The molecule has 1 aromatic rings. The summed E-state index contributed by atoms with van der Waals surface area (Å²) < 4.78 is 5.85. The van der Waals surface area contributed by atoms with Gasteiger partial charge in [-0.25, -0.2) is 9.69 Å². The zero-order valence-electron chi connectivity index (χ0n) is 8.86. The maximum Gasteiger partial charge on any atom is 0.422 e. The summed E-state index contributed by atoms with van der Waals surface area (Å²) in [6, 6.07) is 7.19. The lowest BCUT2D eigenvalue weighted by Crippen LogP contribution is -2.36. The van der Waals surface area contributed by atoms with Crippen molar-refractivity contribution in [3.63, 3.8) is 0 Å². The quantitative estimate of drug-likeness (QED) is 0.743. The van der Waals surface area contributed by atoms with Gasteiger partial charge < -0.3 is 4.74 Å². The highest BCUT2D eigenvalue weighted by atomic mass is 127. The number of amides is 2. The predicted molar refractivity (Wildman–Crippen MR) is 67.2 cm³/mol. The van der Waals surface area contributed by atoms with E-state index in [2.05, 4.69) is 22.6 Å². The second-order valence-electron chi connectivity index (χ2n) is 3.97. The summed E-state index contributed by atoms with van der Waals surface area (Å²) in [4.78, 5) is 24.7. The molecule has 5 heteroatoms.